The topological polar surface area (TPSA) is 61.4 Å². The number of para-hydroxylation sites is 1. The third kappa shape index (κ3) is 2.80. The summed E-state index contributed by atoms with van der Waals surface area (Å²) in [6.07, 6.45) is 0.353. The number of nitrogens with one attached hydrogen (secondary N) is 2. The Balaban J connectivity index is 1.97. The molecule has 2 rings (SSSR count). The Labute approximate surface area is 106 Å². The second-order valence-electron chi connectivity index (χ2n) is 4.24. The fourth-order valence-electron chi connectivity index (χ4n) is 2.06. The number of anilines is 1. The molecule has 1 aliphatic heterocycles. The van der Waals surface area contributed by atoms with Crippen LogP contribution in [0.4, 0.5) is 10.5 Å². The second kappa shape index (κ2) is 5.53. The number of amides is 3. The van der Waals surface area contributed by atoms with Gasteiger partial charge in [0.1, 0.15) is 0 Å². The van der Waals surface area contributed by atoms with Crippen LogP contribution in [0.25, 0.3) is 0 Å². The normalized spacial score (nSPS) is 18.8. The fraction of sp³-hybridized carbons (Fsp3) is 0.385. The van der Waals surface area contributed by atoms with Gasteiger partial charge >= 0.3 is 6.03 Å². The van der Waals surface area contributed by atoms with E-state index in [-0.39, 0.29) is 18.0 Å². The van der Waals surface area contributed by atoms with Gasteiger partial charge in [0.15, 0.2) is 0 Å². The lowest BCUT2D eigenvalue weighted by atomic mass is 10.2. The molecule has 0 unspecified atom stereocenters. The summed E-state index contributed by atoms with van der Waals surface area (Å²) in [5.74, 6) is 0.0444. The predicted molar refractivity (Wildman–Crippen MR) is 69.4 cm³/mol. The molecule has 0 saturated carbocycles. The van der Waals surface area contributed by atoms with E-state index in [1.54, 1.807) is 4.90 Å². The molecule has 0 radical (unpaired) electrons. The molecule has 2 N–H and O–H groups in total. The van der Waals surface area contributed by atoms with E-state index in [1.807, 2.05) is 37.3 Å². The summed E-state index contributed by atoms with van der Waals surface area (Å²) in [5, 5.41) is 5.46. The summed E-state index contributed by atoms with van der Waals surface area (Å²) < 4.78 is 0. The van der Waals surface area contributed by atoms with Gasteiger partial charge in [0.25, 0.3) is 0 Å². The average molecular weight is 247 g/mol. The fourth-order valence-corrected chi connectivity index (χ4v) is 2.06. The molecule has 5 heteroatoms. The molecule has 0 bridgehead atoms. The monoisotopic (exact) mass is 247 g/mol. The van der Waals surface area contributed by atoms with Crippen molar-refractivity contribution >= 4 is 17.6 Å². The van der Waals surface area contributed by atoms with Crippen LogP contribution in [0, 0.1) is 0 Å². The van der Waals surface area contributed by atoms with Gasteiger partial charge < -0.3 is 15.5 Å². The summed E-state index contributed by atoms with van der Waals surface area (Å²) in [6, 6.07) is 9.16. The Bertz CT molecular complexity index is 433. The Kier molecular flexibility index (Phi) is 3.82. The molecule has 1 fully saturated rings. The smallest absolute Gasteiger partial charge is 0.315 e. The van der Waals surface area contributed by atoms with Crippen molar-refractivity contribution in [2.24, 2.45) is 0 Å². The summed E-state index contributed by atoms with van der Waals surface area (Å²) in [4.78, 5) is 25.0. The number of hydrogen-bond acceptors (Lipinski definition) is 2. The molecule has 0 aliphatic carbocycles. The molecule has 3 amide bonds. The lowest BCUT2D eigenvalue weighted by Crippen LogP contribution is -2.43. The maximum atomic E-state index is 11.9. The number of rotatable bonds is 3. The Morgan fingerprint density at radius 3 is 2.78 bits per heavy atom. The first-order valence-corrected chi connectivity index (χ1v) is 6.10. The molecule has 1 saturated heterocycles. The van der Waals surface area contributed by atoms with Crippen molar-refractivity contribution in [3.05, 3.63) is 30.3 Å². The minimum absolute atomic E-state index is 0.0444. The van der Waals surface area contributed by atoms with Crippen LogP contribution >= 0.6 is 0 Å². The average Bonchev–Trinajstić information content (AvgIpc) is 2.71. The standard InChI is InChI=1S/C13H17N3O2/c1-2-14-13(18)15-10-8-12(17)16(9-10)11-6-4-3-5-7-11/h3-7,10H,2,8-9H2,1H3,(H2,14,15,18)/t10-/m1/s1. The lowest BCUT2D eigenvalue weighted by molar-refractivity contribution is -0.117. The van der Waals surface area contributed by atoms with Gasteiger partial charge in [-0.1, -0.05) is 18.2 Å². The molecule has 1 heterocycles. The third-order valence-corrected chi connectivity index (χ3v) is 2.87. The van der Waals surface area contributed by atoms with E-state index in [9.17, 15) is 9.59 Å². The maximum absolute atomic E-state index is 11.9. The first kappa shape index (κ1) is 12.4. The van der Waals surface area contributed by atoms with Crippen molar-refractivity contribution in [1.82, 2.24) is 10.6 Å². The van der Waals surface area contributed by atoms with Gasteiger partial charge in [0, 0.05) is 25.2 Å². The van der Waals surface area contributed by atoms with Crippen LogP contribution in [0.15, 0.2) is 30.3 Å². The second-order valence-corrected chi connectivity index (χ2v) is 4.24. The highest BCUT2D eigenvalue weighted by molar-refractivity contribution is 5.96. The van der Waals surface area contributed by atoms with Crippen LogP contribution in [-0.4, -0.2) is 31.1 Å². The van der Waals surface area contributed by atoms with Gasteiger partial charge in [-0.2, -0.15) is 0 Å². The molecule has 1 aromatic carbocycles. The lowest BCUT2D eigenvalue weighted by Gasteiger charge is -2.17. The number of carbonyl (C=O) groups is 2. The molecule has 0 aromatic heterocycles. The first-order chi connectivity index (χ1) is 8.70. The van der Waals surface area contributed by atoms with Crippen molar-refractivity contribution in [3.63, 3.8) is 0 Å². The SMILES string of the molecule is CCNC(=O)N[C@@H]1CC(=O)N(c2ccccc2)C1. The Hall–Kier alpha value is -2.04. The third-order valence-electron chi connectivity index (χ3n) is 2.87. The van der Waals surface area contributed by atoms with Crippen LogP contribution in [0.5, 0.6) is 0 Å². The van der Waals surface area contributed by atoms with Crippen LogP contribution in [0.3, 0.4) is 0 Å². The molecule has 1 atom stereocenters. The zero-order chi connectivity index (χ0) is 13.0. The van der Waals surface area contributed by atoms with E-state index in [4.69, 9.17) is 0 Å². The first-order valence-electron chi connectivity index (χ1n) is 6.10. The summed E-state index contributed by atoms with van der Waals surface area (Å²) in [6.45, 7) is 2.96. The van der Waals surface area contributed by atoms with Gasteiger partial charge in [-0.15, -0.1) is 0 Å². The predicted octanol–water partition coefficient (Wildman–Crippen LogP) is 1.11. The number of hydrogen-bond donors (Lipinski definition) is 2. The molecule has 1 aromatic rings. The summed E-state index contributed by atoms with van der Waals surface area (Å²) in [7, 11) is 0. The number of nitrogens with zero attached hydrogens (tertiary/aromatic N) is 1. The molecule has 1 aliphatic rings. The zero-order valence-corrected chi connectivity index (χ0v) is 10.3. The number of benzene rings is 1. The highest BCUT2D eigenvalue weighted by Crippen LogP contribution is 2.20. The van der Waals surface area contributed by atoms with Crippen LogP contribution in [0.1, 0.15) is 13.3 Å². The zero-order valence-electron chi connectivity index (χ0n) is 10.3. The van der Waals surface area contributed by atoms with Gasteiger partial charge in [-0.25, -0.2) is 4.79 Å². The summed E-state index contributed by atoms with van der Waals surface area (Å²) in [5.41, 5.74) is 0.877. The van der Waals surface area contributed by atoms with Gasteiger partial charge in [0.2, 0.25) is 5.91 Å². The van der Waals surface area contributed by atoms with E-state index in [0.717, 1.165) is 5.69 Å². The largest absolute Gasteiger partial charge is 0.338 e. The van der Waals surface area contributed by atoms with E-state index in [2.05, 4.69) is 10.6 Å². The number of carbonyl (C=O) groups excluding carboxylic acids is 2. The van der Waals surface area contributed by atoms with E-state index < -0.39 is 0 Å². The molecular weight excluding hydrogens is 230 g/mol. The number of urea groups is 1. The van der Waals surface area contributed by atoms with Crippen LogP contribution in [-0.2, 0) is 4.79 Å². The molecule has 18 heavy (non-hydrogen) atoms. The highest BCUT2D eigenvalue weighted by Gasteiger charge is 2.31. The van der Waals surface area contributed by atoms with Gasteiger partial charge in [-0.3, -0.25) is 4.79 Å². The highest BCUT2D eigenvalue weighted by atomic mass is 16.2. The Morgan fingerprint density at radius 2 is 2.11 bits per heavy atom. The minimum Gasteiger partial charge on any atom is -0.338 e. The molecular formula is C13H17N3O2. The van der Waals surface area contributed by atoms with Crippen molar-refractivity contribution in [1.29, 1.82) is 0 Å². The van der Waals surface area contributed by atoms with Crippen molar-refractivity contribution in [2.75, 3.05) is 18.0 Å². The van der Waals surface area contributed by atoms with E-state index in [0.29, 0.717) is 19.5 Å². The maximum Gasteiger partial charge on any atom is 0.315 e. The Morgan fingerprint density at radius 1 is 1.39 bits per heavy atom. The van der Waals surface area contributed by atoms with Gasteiger partial charge in [0.05, 0.1) is 6.04 Å². The van der Waals surface area contributed by atoms with E-state index in [1.165, 1.54) is 0 Å². The molecule has 0 spiro atoms. The minimum atomic E-state index is -0.217. The summed E-state index contributed by atoms with van der Waals surface area (Å²) >= 11 is 0. The van der Waals surface area contributed by atoms with Crippen LogP contribution in [0.2, 0.25) is 0 Å². The molecule has 96 valence electrons. The van der Waals surface area contributed by atoms with Crippen molar-refractivity contribution in [3.8, 4) is 0 Å². The molecule has 5 nitrogen and oxygen atoms in total. The quantitative estimate of drug-likeness (QED) is 0.840. The van der Waals surface area contributed by atoms with E-state index >= 15 is 0 Å². The van der Waals surface area contributed by atoms with Crippen LogP contribution < -0.4 is 15.5 Å². The van der Waals surface area contributed by atoms with Gasteiger partial charge in [-0.05, 0) is 19.1 Å². The van der Waals surface area contributed by atoms with Crippen molar-refractivity contribution in [2.45, 2.75) is 19.4 Å². The van der Waals surface area contributed by atoms with Crippen molar-refractivity contribution < 1.29 is 9.59 Å².